The Morgan fingerprint density at radius 2 is 1.62 bits per heavy atom. The van der Waals surface area contributed by atoms with Gasteiger partial charge in [0.25, 0.3) is 0 Å². The van der Waals surface area contributed by atoms with Crippen LogP contribution < -0.4 is 5.32 Å². The third-order valence-corrected chi connectivity index (χ3v) is 12.9. The van der Waals surface area contributed by atoms with E-state index in [1.165, 1.54) is 21.1 Å². The van der Waals surface area contributed by atoms with Crippen LogP contribution in [0.15, 0.2) is 65.7 Å². The average Bonchev–Trinajstić information content (AvgIpc) is 3.14. The van der Waals surface area contributed by atoms with Crippen molar-refractivity contribution in [2.75, 3.05) is 27.9 Å². The Morgan fingerprint density at radius 1 is 0.964 bits per heavy atom. The predicted molar refractivity (Wildman–Crippen MR) is 198 cm³/mol. The first kappa shape index (κ1) is 40.7. The normalized spacial score (nSPS) is 34.8. The smallest absolute Gasteiger partial charge is 0.338 e. The van der Waals surface area contributed by atoms with Crippen LogP contribution in [0.3, 0.4) is 0 Å². The number of rotatable bonds is 10. The molecule has 11 atom stereocenters. The minimum Gasteiger partial charge on any atom is -0.456 e. The van der Waals surface area contributed by atoms with Gasteiger partial charge in [-0.15, -0.1) is 0 Å². The maximum atomic E-state index is 15.4. The lowest BCUT2D eigenvalue weighted by Gasteiger charge is -2.67. The summed E-state index contributed by atoms with van der Waals surface area (Å²) in [6.45, 7) is 9.85. The van der Waals surface area contributed by atoms with E-state index in [2.05, 4.69) is 5.32 Å². The minimum absolute atomic E-state index is 0.147. The number of hydrogen-bond donors (Lipinski definition) is 3. The van der Waals surface area contributed by atoms with E-state index in [1.807, 2.05) is 19.1 Å². The lowest BCUT2D eigenvalue weighted by molar-refractivity contribution is -0.347. The van der Waals surface area contributed by atoms with E-state index in [0.717, 1.165) is 5.56 Å². The Hall–Kier alpha value is -3.98. The molecule has 2 aromatic rings. The van der Waals surface area contributed by atoms with Gasteiger partial charge in [0.1, 0.15) is 30.0 Å². The Labute approximate surface area is 321 Å². The highest BCUT2D eigenvalue weighted by Gasteiger charge is 2.78. The van der Waals surface area contributed by atoms with Gasteiger partial charge in [-0.2, -0.15) is 0 Å². The molecule has 3 N–H and O–H groups in total. The van der Waals surface area contributed by atoms with Crippen molar-refractivity contribution < 1.29 is 57.8 Å². The Bertz CT molecular complexity index is 1840. The molecule has 3 fully saturated rings. The van der Waals surface area contributed by atoms with E-state index < -0.39 is 94.3 Å². The summed E-state index contributed by atoms with van der Waals surface area (Å²) in [5.74, 6) is -4.14. The molecule has 0 spiro atoms. The van der Waals surface area contributed by atoms with E-state index in [1.54, 1.807) is 77.2 Å². The summed E-state index contributed by atoms with van der Waals surface area (Å²) in [5.41, 5.74) is -4.08. The van der Waals surface area contributed by atoms with Gasteiger partial charge in [-0.05, 0) is 56.7 Å². The molecule has 6 rings (SSSR count). The monoisotopic (exact) mass is 763 g/mol. The molecule has 1 heterocycles. The number of carbonyl (C=O) groups excluding carboxylic acids is 4. The van der Waals surface area contributed by atoms with Crippen LogP contribution in [0, 0.1) is 23.7 Å². The fourth-order valence-corrected chi connectivity index (χ4v) is 9.91. The second-order valence-corrected chi connectivity index (χ2v) is 16.1. The van der Waals surface area contributed by atoms with Gasteiger partial charge < -0.3 is 44.0 Å². The SMILES string of the molecule is CN[C@@H](c1ccc(C)cc1)C(O)C(=O)OC1CC2(O)C(OC(=O)c3ccccc3)C3C4(OC(C)=O)COC4CC(OC)[C@@]3(C)C(=O)C(OC)C(=C1C)C2(C)C. The van der Waals surface area contributed by atoms with Gasteiger partial charge in [0, 0.05) is 39.4 Å². The Morgan fingerprint density at radius 3 is 2.16 bits per heavy atom. The molecule has 2 aromatic carbocycles. The number of ketones is 1. The second kappa shape index (κ2) is 14.8. The zero-order chi connectivity index (χ0) is 40.2. The number of methoxy groups -OCH3 is 2. The predicted octanol–water partition coefficient (Wildman–Crippen LogP) is 3.57. The highest BCUT2D eigenvalue weighted by molar-refractivity contribution is 5.94. The standard InChI is InChI=1S/C42H53NO12/c1-22-15-17-25(18-16-22)31(43-7)32(45)38(48)53-27-20-42(49)36(54-37(47)26-13-11-10-12-14-26)34-40(6,35(46)33(51-9)30(23(27)2)39(42,4)5)28(50-8)19-29-41(34,21-52-29)55-24(3)44/h10-18,27-29,31-34,36,43,45,49H,19-21H2,1-9H3/t27?,28?,29?,31-,32?,33?,34?,36?,40+,41?,42?/m0/s1. The molecule has 4 aliphatic rings. The van der Waals surface area contributed by atoms with Crippen molar-refractivity contribution in [1.29, 1.82) is 0 Å². The quantitative estimate of drug-likeness (QED) is 0.182. The third-order valence-electron chi connectivity index (χ3n) is 12.9. The second-order valence-electron chi connectivity index (χ2n) is 16.1. The van der Waals surface area contributed by atoms with E-state index in [4.69, 9.17) is 28.4 Å². The highest BCUT2D eigenvalue weighted by atomic mass is 16.6. The van der Waals surface area contributed by atoms with E-state index in [9.17, 15) is 24.6 Å². The number of carbonyl (C=O) groups is 4. The Balaban J connectivity index is 1.55. The number of aliphatic hydroxyl groups is 2. The molecule has 1 aliphatic heterocycles. The van der Waals surface area contributed by atoms with Crippen molar-refractivity contribution >= 4 is 23.7 Å². The van der Waals surface area contributed by atoms with Gasteiger partial charge >= 0.3 is 17.9 Å². The molecule has 1 saturated heterocycles. The third kappa shape index (κ3) is 6.33. The van der Waals surface area contributed by atoms with Crippen molar-refractivity contribution in [3.8, 4) is 0 Å². The maximum absolute atomic E-state index is 15.4. The van der Waals surface area contributed by atoms with Crippen molar-refractivity contribution in [1.82, 2.24) is 5.32 Å². The fourth-order valence-electron chi connectivity index (χ4n) is 9.91. The van der Waals surface area contributed by atoms with Gasteiger partial charge in [-0.25, -0.2) is 9.59 Å². The number of nitrogens with one attached hydrogen (secondary N) is 1. The van der Waals surface area contributed by atoms with Crippen LogP contribution in [0.25, 0.3) is 0 Å². The van der Waals surface area contributed by atoms with E-state index in [0.29, 0.717) is 16.7 Å². The molecule has 0 amide bonds. The molecule has 2 saturated carbocycles. The van der Waals surface area contributed by atoms with Crippen LogP contribution in [-0.2, 0) is 42.8 Å². The number of aliphatic hydroxyl groups excluding tert-OH is 1. The molecule has 9 unspecified atom stereocenters. The van der Waals surface area contributed by atoms with Gasteiger partial charge in [0.05, 0.1) is 35.6 Å². The topological polar surface area (TPSA) is 176 Å². The summed E-state index contributed by atoms with van der Waals surface area (Å²) in [6, 6.07) is 14.7. The van der Waals surface area contributed by atoms with E-state index in [-0.39, 0.29) is 25.0 Å². The van der Waals surface area contributed by atoms with E-state index >= 15 is 4.79 Å². The molecule has 0 aromatic heterocycles. The fraction of sp³-hybridized carbons (Fsp3) is 0.571. The summed E-state index contributed by atoms with van der Waals surface area (Å²) in [7, 11) is 4.46. The first-order chi connectivity index (χ1) is 25.9. The van der Waals surface area contributed by atoms with Crippen LogP contribution >= 0.6 is 0 Å². The highest BCUT2D eigenvalue weighted by Crippen LogP contribution is 2.64. The Kier molecular flexibility index (Phi) is 11.0. The number of ether oxygens (including phenoxy) is 6. The van der Waals surface area contributed by atoms with Gasteiger partial charge in [-0.3, -0.25) is 9.59 Å². The molecule has 13 nitrogen and oxygen atoms in total. The number of aryl methyl sites for hydroxylation is 1. The minimum atomic E-state index is -2.13. The van der Waals surface area contributed by atoms with Crippen LogP contribution in [-0.4, -0.2) is 110 Å². The molecule has 55 heavy (non-hydrogen) atoms. The largest absolute Gasteiger partial charge is 0.456 e. The summed E-state index contributed by atoms with van der Waals surface area (Å²) in [4.78, 5) is 56.6. The summed E-state index contributed by atoms with van der Waals surface area (Å²) < 4.78 is 36.9. The van der Waals surface area contributed by atoms with Crippen molar-refractivity contribution in [2.45, 2.75) is 108 Å². The zero-order valence-electron chi connectivity index (χ0n) is 32.9. The van der Waals surface area contributed by atoms with Crippen molar-refractivity contribution in [2.24, 2.45) is 16.7 Å². The lowest BCUT2D eigenvalue weighted by Crippen LogP contribution is -2.82. The zero-order valence-corrected chi connectivity index (χ0v) is 32.9. The van der Waals surface area contributed by atoms with Crippen LogP contribution in [0.2, 0.25) is 0 Å². The van der Waals surface area contributed by atoms with Crippen LogP contribution in [0.1, 0.15) is 75.0 Å². The number of likely N-dealkylation sites (N-methyl/N-ethyl adjacent to an activating group) is 1. The van der Waals surface area contributed by atoms with Crippen LogP contribution in [0.5, 0.6) is 0 Å². The molecular weight excluding hydrogens is 710 g/mol. The number of hydrogen-bond acceptors (Lipinski definition) is 13. The van der Waals surface area contributed by atoms with Crippen molar-refractivity contribution in [3.05, 3.63) is 82.4 Å². The number of fused-ring (bicyclic) bond motifs is 5. The van der Waals surface area contributed by atoms with Crippen molar-refractivity contribution in [3.63, 3.8) is 0 Å². The summed E-state index contributed by atoms with van der Waals surface area (Å²) in [6.07, 6.45) is -7.60. The number of Topliss-reactive ketones (excluding diaryl/α,β-unsaturated/α-hetero) is 1. The average molecular weight is 764 g/mol. The first-order valence-electron chi connectivity index (χ1n) is 18.7. The molecule has 298 valence electrons. The van der Waals surface area contributed by atoms with Gasteiger partial charge in [0.15, 0.2) is 17.5 Å². The molecule has 2 bridgehead atoms. The maximum Gasteiger partial charge on any atom is 0.338 e. The van der Waals surface area contributed by atoms with Gasteiger partial charge in [-0.1, -0.05) is 61.9 Å². The molecule has 3 aliphatic carbocycles. The lowest BCUT2D eigenvalue weighted by atomic mass is 9.44. The van der Waals surface area contributed by atoms with Gasteiger partial charge in [0.2, 0.25) is 0 Å². The number of benzene rings is 2. The molecular formula is C42H53NO12. The number of esters is 3. The summed E-state index contributed by atoms with van der Waals surface area (Å²) >= 11 is 0. The molecule has 13 heteroatoms. The first-order valence-corrected chi connectivity index (χ1v) is 18.7. The molecule has 0 radical (unpaired) electrons. The van der Waals surface area contributed by atoms with Crippen LogP contribution in [0.4, 0.5) is 0 Å². The summed E-state index contributed by atoms with van der Waals surface area (Å²) in [5, 5.41) is 28.0.